The number of halogens is 1. The number of thioether (sulfide) groups is 1. The van der Waals surface area contributed by atoms with Gasteiger partial charge in [0.15, 0.2) is 5.16 Å². The van der Waals surface area contributed by atoms with Crippen molar-refractivity contribution in [2.24, 2.45) is 0 Å². The van der Waals surface area contributed by atoms with E-state index in [1.807, 2.05) is 0 Å². The normalized spacial score (nSPS) is 16.4. The van der Waals surface area contributed by atoms with Gasteiger partial charge in [0.2, 0.25) is 5.91 Å². The molecule has 8 heteroatoms. The molecular weight excluding hydrogens is 355 g/mol. The van der Waals surface area contributed by atoms with Gasteiger partial charge in [0, 0.05) is 12.1 Å². The van der Waals surface area contributed by atoms with Crippen molar-refractivity contribution in [3.05, 3.63) is 51.7 Å². The molecule has 3 rings (SSSR count). The minimum atomic E-state index is -0.355. The van der Waals surface area contributed by atoms with Crippen molar-refractivity contribution >= 4 is 23.4 Å². The lowest BCUT2D eigenvalue weighted by atomic mass is 10.1. The Hall–Kier alpha value is -2.19. The van der Waals surface area contributed by atoms with Crippen molar-refractivity contribution < 1.29 is 14.1 Å². The number of carbonyl (C=O) groups is 1. The second kappa shape index (κ2) is 8.01. The average molecular weight is 377 g/mol. The molecule has 1 unspecified atom stereocenters. The van der Waals surface area contributed by atoms with Gasteiger partial charge in [-0.3, -0.25) is 9.59 Å². The number of aromatic amines is 1. The van der Waals surface area contributed by atoms with Crippen LogP contribution in [0.15, 0.2) is 34.2 Å². The summed E-state index contributed by atoms with van der Waals surface area (Å²) in [6.45, 7) is 5.93. The molecule has 1 aromatic carbocycles. The van der Waals surface area contributed by atoms with Crippen LogP contribution in [0.3, 0.4) is 0 Å². The highest BCUT2D eigenvalue weighted by Crippen LogP contribution is 2.15. The number of rotatable bonds is 5. The predicted octanol–water partition coefficient (Wildman–Crippen LogP) is 0.989. The maximum atomic E-state index is 12.9. The number of quaternary nitrogens is 1. The van der Waals surface area contributed by atoms with E-state index >= 15 is 0 Å². The molecule has 0 radical (unpaired) electrons. The Labute approximate surface area is 155 Å². The number of hydrogen-bond acceptors (Lipinski definition) is 4. The fourth-order valence-corrected chi connectivity index (χ4v) is 3.61. The number of nitrogens with one attached hydrogen (secondary N) is 3. The first-order valence-electron chi connectivity index (χ1n) is 8.57. The molecule has 1 aliphatic heterocycles. The number of fused-ring (bicyclic) bond motifs is 1. The molecule has 138 valence electrons. The van der Waals surface area contributed by atoms with Crippen LogP contribution in [-0.2, 0) is 17.8 Å². The summed E-state index contributed by atoms with van der Waals surface area (Å²) in [6, 6.07) is 6.03. The fraction of sp³-hybridized carbons (Fsp3) is 0.389. The van der Waals surface area contributed by atoms with Crippen LogP contribution in [-0.4, -0.2) is 34.2 Å². The number of aromatic nitrogens is 2. The maximum absolute atomic E-state index is 12.9. The van der Waals surface area contributed by atoms with E-state index in [4.69, 9.17) is 0 Å². The number of nitrogens with zero attached hydrogens (tertiary/aromatic N) is 1. The standard InChI is InChI=1S/C18H21FN4O2S/c1-11(2)23-8-7-15-14(9-23)17(25)22-18(21-15)26-10-16(24)20-13-5-3-12(19)4-6-13/h3-6,11H,7-10H2,1-2H3,(H,20,24)(H,21,22,25)/p+1. The quantitative estimate of drug-likeness (QED) is 0.536. The topological polar surface area (TPSA) is 79.3 Å². The van der Waals surface area contributed by atoms with Crippen LogP contribution < -0.4 is 15.8 Å². The van der Waals surface area contributed by atoms with E-state index in [1.54, 1.807) is 0 Å². The first kappa shape index (κ1) is 18.6. The lowest BCUT2D eigenvalue weighted by Gasteiger charge is -2.27. The van der Waals surface area contributed by atoms with Crippen LogP contribution >= 0.6 is 11.8 Å². The van der Waals surface area contributed by atoms with Gasteiger partial charge in [-0.25, -0.2) is 9.37 Å². The SMILES string of the molecule is CC(C)[NH+]1CCc2nc(SCC(=O)Nc3ccc(F)cc3)[nH]c(=O)c2C1. The van der Waals surface area contributed by atoms with Gasteiger partial charge in [-0.05, 0) is 38.1 Å². The summed E-state index contributed by atoms with van der Waals surface area (Å²) in [5.74, 6) is -0.480. The molecule has 1 amide bonds. The van der Waals surface area contributed by atoms with Crippen LogP contribution in [0.2, 0.25) is 0 Å². The highest BCUT2D eigenvalue weighted by Gasteiger charge is 2.25. The lowest BCUT2D eigenvalue weighted by molar-refractivity contribution is -0.937. The Balaban J connectivity index is 1.62. The summed E-state index contributed by atoms with van der Waals surface area (Å²) < 4.78 is 12.9. The van der Waals surface area contributed by atoms with Gasteiger partial charge < -0.3 is 15.2 Å². The van der Waals surface area contributed by atoms with Crippen LogP contribution in [0.1, 0.15) is 25.1 Å². The highest BCUT2D eigenvalue weighted by molar-refractivity contribution is 7.99. The summed E-state index contributed by atoms with van der Waals surface area (Å²) in [6.07, 6.45) is 0.766. The van der Waals surface area contributed by atoms with Crippen molar-refractivity contribution in [2.75, 3.05) is 17.6 Å². The summed E-state index contributed by atoms with van der Waals surface area (Å²) in [5, 5.41) is 3.14. The summed E-state index contributed by atoms with van der Waals surface area (Å²) in [5.41, 5.74) is 1.99. The molecule has 1 atom stereocenters. The molecule has 0 fully saturated rings. The second-order valence-corrected chi connectivity index (χ2v) is 7.59. The van der Waals surface area contributed by atoms with E-state index in [0.29, 0.717) is 23.4 Å². The predicted molar refractivity (Wildman–Crippen MR) is 99.0 cm³/mol. The average Bonchev–Trinajstić information content (AvgIpc) is 2.61. The summed E-state index contributed by atoms with van der Waals surface area (Å²) in [4.78, 5) is 33.1. The van der Waals surface area contributed by atoms with E-state index in [1.165, 1.54) is 40.9 Å². The minimum Gasteiger partial charge on any atom is -0.329 e. The van der Waals surface area contributed by atoms with Gasteiger partial charge >= 0.3 is 0 Å². The second-order valence-electron chi connectivity index (χ2n) is 6.63. The van der Waals surface area contributed by atoms with Crippen LogP contribution in [0, 0.1) is 5.82 Å². The van der Waals surface area contributed by atoms with Crippen molar-refractivity contribution in [3.8, 4) is 0 Å². The third-order valence-corrected chi connectivity index (χ3v) is 5.32. The van der Waals surface area contributed by atoms with Gasteiger partial charge in [-0.15, -0.1) is 0 Å². The molecule has 1 aromatic heterocycles. The van der Waals surface area contributed by atoms with Crippen LogP contribution in [0.5, 0.6) is 0 Å². The Morgan fingerprint density at radius 1 is 1.38 bits per heavy atom. The molecule has 3 N–H and O–H groups in total. The molecule has 2 aromatic rings. The summed E-state index contributed by atoms with van der Waals surface area (Å²) >= 11 is 1.19. The first-order valence-corrected chi connectivity index (χ1v) is 9.56. The Morgan fingerprint density at radius 2 is 2.12 bits per heavy atom. The fourth-order valence-electron chi connectivity index (χ4n) is 2.93. The first-order chi connectivity index (χ1) is 12.4. The highest BCUT2D eigenvalue weighted by atomic mass is 32.2. The Bertz CT molecular complexity index is 851. The smallest absolute Gasteiger partial charge is 0.260 e. The largest absolute Gasteiger partial charge is 0.329 e. The van der Waals surface area contributed by atoms with Crippen molar-refractivity contribution in [2.45, 2.75) is 38.0 Å². The van der Waals surface area contributed by atoms with Gasteiger partial charge in [-0.1, -0.05) is 11.8 Å². The van der Waals surface area contributed by atoms with E-state index in [2.05, 4.69) is 29.1 Å². The number of hydrogen-bond donors (Lipinski definition) is 3. The van der Waals surface area contributed by atoms with Gasteiger partial charge in [-0.2, -0.15) is 0 Å². The maximum Gasteiger partial charge on any atom is 0.260 e. The molecule has 0 spiro atoms. The molecular formula is C18H22FN4O2S+. The van der Waals surface area contributed by atoms with E-state index in [0.717, 1.165) is 24.2 Å². The molecule has 0 saturated carbocycles. The van der Waals surface area contributed by atoms with Crippen molar-refractivity contribution in [3.63, 3.8) is 0 Å². The van der Waals surface area contributed by atoms with Crippen molar-refractivity contribution in [1.29, 1.82) is 0 Å². The van der Waals surface area contributed by atoms with Crippen LogP contribution in [0.4, 0.5) is 10.1 Å². The molecule has 26 heavy (non-hydrogen) atoms. The van der Waals surface area contributed by atoms with Gasteiger partial charge in [0.25, 0.3) is 5.56 Å². The minimum absolute atomic E-state index is 0.114. The molecule has 0 saturated heterocycles. The van der Waals surface area contributed by atoms with Gasteiger partial charge in [0.1, 0.15) is 12.4 Å². The number of carbonyl (C=O) groups excluding carboxylic acids is 1. The van der Waals surface area contributed by atoms with E-state index in [-0.39, 0.29) is 23.0 Å². The Kier molecular flexibility index (Phi) is 5.73. The summed E-state index contributed by atoms with van der Waals surface area (Å²) in [7, 11) is 0. The molecule has 2 heterocycles. The lowest BCUT2D eigenvalue weighted by Crippen LogP contribution is -3.14. The molecule has 6 nitrogen and oxygen atoms in total. The van der Waals surface area contributed by atoms with Gasteiger partial charge in [0.05, 0.1) is 29.6 Å². The zero-order valence-corrected chi connectivity index (χ0v) is 15.6. The number of H-pyrrole nitrogens is 1. The zero-order chi connectivity index (χ0) is 18.7. The monoisotopic (exact) mass is 377 g/mol. The van der Waals surface area contributed by atoms with Crippen molar-refractivity contribution in [1.82, 2.24) is 9.97 Å². The third-order valence-electron chi connectivity index (χ3n) is 4.45. The van der Waals surface area contributed by atoms with E-state index < -0.39 is 0 Å². The third kappa shape index (κ3) is 4.50. The molecule has 1 aliphatic rings. The number of benzene rings is 1. The molecule has 0 bridgehead atoms. The van der Waals surface area contributed by atoms with E-state index in [9.17, 15) is 14.0 Å². The number of amides is 1. The Morgan fingerprint density at radius 3 is 2.81 bits per heavy atom. The number of anilines is 1. The zero-order valence-electron chi connectivity index (χ0n) is 14.8. The van der Waals surface area contributed by atoms with Crippen LogP contribution in [0.25, 0.3) is 0 Å². The molecule has 0 aliphatic carbocycles.